The van der Waals surface area contributed by atoms with Crippen LogP contribution in [-0.4, -0.2) is 202 Å². The zero-order valence-corrected chi connectivity index (χ0v) is 64.9. The highest BCUT2D eigenvalue weighted by atomic mass is 127. The third kappa shape index (κ3) is 23.4. The van der Waals surface area contributed by atoms with E-state index in [1.807, 2.05) is 126 Å². The van der Waals surface area contributed by atoms with E-state index in [0.717, 1.165) is 120 Å². The van der Waals surface area contributed by atoms with E-state index < -0.39 is 90.2 Å². The summed E-state index contributed by atoms with van der Waals surface area (Å²) in [6.45, 7) is 36.7. The lowest BCUT2D eigenvalue weighted by Crippen LogP contribution is -2.57. The Labute approximate surface area is 622 Å². The van der Waals surface area contributed by atoms with Gasteiger partial charge in [0.15, 0.2) is 0 Å². The summed E-state index contributed by atoms with van der Waals surface area (Å²) in [6, 6.07) is 18.6. The number of benzene rings is 2. The summed E-state index contributed by atoms with van der Waals surface area (Å²) in [5, 5.41) is 11.9. The quantitative estimate of drug-likeness (QED) is 0.0589. The predicted molar refractivity (Wildman–Crippen MR) is 402 cm³/mol. The normalized spacial score (nSPS) is 23.0. The maximum Gasteiger partial charge on any atom is 0.495 e. The smallest absolute Gasteiger partial charge is 0.444 e. The SMILES string of the molecule is CC(C)(C)OC(=O)N[C@@]1(C)CCCN(c2cc(I)cc(N3CCOCC3)n2)C1.Cc1ccc(NC(=O)N2CC[C@@H](CC(F)(F)F)C2)cc1-c1cc(N2CCOCC2)nc(N2CCC[C@](C)(NC(=O)OC(C)(C)C)C2)c1.Cc1ccc(NC(=O)N2CC[C@@H](CC(F)(F)F)C2)cc1B1OC(C)(C)C(C)(C)O1. The molecule has 0 bridgehead atoms. The molecule has 30 heteroatoms. The fourth-order valence-corrected chi connectivity index (χ4v) is 14.5. The molecular formula is C74H106BF6IN12O10. The summed E-state index contributed by atoms with van der Waals surface area (Å²) < 4.78 is 112. The lowest BCUT2D eigenvalue weighted by Gasteiger charge is -2.42. The zero-order valence-electron chi connectivity index (χ0n) is 62.8. The number of urea groups is 2. The molecule has 11 rings (SSSR count). The molecule has 0 saturated carbocycles. The van der Waals surface area contributed by atoms with Gasteiger partial charge in [-0.15, -0.1) is 0 Å². The maximum atomic E-state index is 13.1. The summed E-state index contributed by atoms with van der Waals surface area (Å²) in [7, 11) is -0.556. The summed E-state index contributed by atoms with van der Waals surface area (Å²) >= 11 is 2.35. The molecule has 7 fully saturated rings. The van der Waals surface area contributed by atoms with Gasteiger partial charge in [0.25, 0.3) is 0 Å². The molecule has 4 N–H and O–H groups in total. The largest absolute Gasteiger partial charge is 0.495 e. The molecule has 7 aliphatic heterocycles. The number of rotatable bonds is 12. The van der Waals surface area contributed by atoms with Crippen LogP contribution in [0.25, 0.3) is 11.1 Å². The van der Waals surface area contributed by atoms with E-state index in [4.69, 9.17) is 38.2 Å². The molecule has 7 aliphatic rings. The first-order valence-electron chi connectivity index (χ1n) is 36.2. The number of hydrogen-bond donors (Lipinski definition) is 4. The van der Waals surface area contributed by atoms with Crippen LogP contribution in [0.5, 0.6) is 0 Å². The van der Waals surface area contributed by atoms with Crippen molar-refractivity contribution in [2.45, 2.75) is 194 Å². The molecule has 4 aromatic rings. The number of carbonyl (C=O) groups is 4. The lowest BCUT2D eigenvalue weighted by atomic mass is 9.76. The number of carbonyl (C=O) groups excluding carboxylic acids is 4. The fourth-order valence-electron chi connectivity index (χ4n) is 13.9. The van der Waals surface area contributed by atoms with E-state index in [9.17, 15) is 45.5 Å². The third-order valence-corrected chi connectivity index (χ3v) is 20.5. The van der Waals surface area contributed by atoms with E-state index in [1.54, 1.807) is 12.1 Å². The van der Waals surface area contributed by atoms with Crippen molar-refractivity contribution in [3.63, 3.8) is 0 Å². The molecule has 9 heterocycles. The Kier molecular flexibility index (Phi) is 25.9. The summed E-state index contributed by atoms with van der Waals surface area (Å²) in [5.41, 5.74) is 2.80. The van der Waals surface area contributed by atoms with E-state index in [-0.39, 0.29) is 24.7 Å². The standard InChI is InChI=1S/C34H47F3N6O4.C20H28BF3N2O3.C20H31IN4O3/c1-23-7-8-26(38-30(44)42-12-9-24(21-42)20-34(35,36)37)19-27(23)25-17-28(41-13-15-46-16-14-41)39-29(18-25)43-11-6-10-33(5,22-43)40-31(45)47-32(2,3)4;1-13-6-7-15(10-16(13)21-28-18(2,3)19(4,5)29-21)25-17(27)26-9-8-14(12-26)11-20(22,23)24;1-19(2,3)28-18(26)23-20(4)6-5-7-25(14-20)17-13-15(21)12-16(22-17)24-8-10-27-11-9-24/h7-8,17-19,24H,6,9-16,20-22H2,1-5H3,(H,38,44)(H,40,45);6-7,10,14H,8-9,11-12H2,1-5H3,(H,25,27);12-13H,5-11,14H2,1-4H3,(H,23,26)/t24-,33-;14-;20-/m000/s1. The minimum absolute atomic E-state index is 0.0816. The monoisotopic (exact) mass is 1570 g/mol. The molecule has 2 aromatic heterocycles. The Balaban J connectivity index is 0.000000191. The summed E-state index contributed by atoms with van der Waals surface area (Å²) in [4.78, 5) is 72.4. The minimum Gasteiger partial charge on any atom is -0.444 e. The Morgan fingerprint density at radius 2 is 0.942 bits per heavy atom. The van der Waals surface area contributed by atoms with Gasteiger partial charge in [0.1, 0.15) is 34.5 Å². The number of halogens is 7. The first-order chi connectivity index (χ1) is 48.5. The number of nitrogens with one attached hydrogen (secondary N) is 4. The molecule has 4 atom stereocenters. The number of amides is 6. The van der Waals surface area contributed by atoms with E-state index in [0.29, 0.717) is 76.7 Å². The molecule has 7 saturated heterocycles. The Hall–Kier alpha value is -6.77. The number of aromatic nitrogens is 2. The number of piperidine rings is 2. The average molecular weight is 1580 g/mol. The first kappa shape index (κ1) is 81.3. The van der Waals surface area contributed by atoms with Gasteiger partial charge in [-0.05, 0) is 241 Å². The highest BCUT2D eigenvalue weighted by molar-refractivity contribution is 14.1. The maximum absolute atomic E-state index is 13.1. The van der Waals surface area contributed by atoms with Gasteiger partial charge in [-0.2, -0.15) is 26.3 Å². The van der Waals surface area contributed by atoms with E-state index >= 15 is 0 Å². The van der Waals surface area contributed by atoms with Crippen LogP contribution >= 0.6 is 22.6 Å². The molecule has 0 radical (unpaired) electrons. The van der Waals surface area contributed by atoms with Gasteiger partial charge in [-0.25, -0.2) is 29.1 Å². The highest BCUT2D eigenvalue weighted by Crippen LogP contribution is 2.40. The number of hydrogen-bond acceptors (Lipinski definition) is 16. The average Bonchev–Trinajstić information content (AvgIpc) is 1.59. The zero-order chi connectivity index (χ0) is 76.0. The van der Waals surface area contributed by atoms with Crippen LogP contribution in [0.15, 0.2) is 60.7 Å². The number of pyridine rings is 2. The van der Waals surface area contributed by atoms with Crippen molar-refractivity contribution in [1.82, 2.24) is 30.4 Å². The first-order valence-corrected chi connectivity index (χ1v) is 37.2. The van der Waals surface area contributed by atoms with Crippen LogP contribution in [0.4, 0.5) is 80.2 Å². The second-order valence-corrected chi connectivity index (χ2v) is 33.3. The summed E-state index contributed by atoms with van der Waals surface area (Å²) in [6.07, 6.45) is -6.73. The lowest BCUT2D eigenvalue weighted by molar-refractivity contribution is -0.144. The van der Waals surface area contributed by atoms with E-state index in [1.165, 1.54) is 9.80 Å². The van der Waals surface area contributed by atoms with Crippen LogP contribution in [0.3, 0.4) is 0 Å². The van der Waals surface area contributed by atoms with Crippen molar-refractivity contribution >= 4 is 94.1 Å². The topological polar surface area (TPSA) is 217 Å². The van der Waals surface area contributed by atoms with Gasteiger partial charge in [0.2, 0.25) is 0 Å². The Bertz CT molecular complexity index is 3630. The Morgan fingerprint density at radius 1 is 0.548 bits per heavy atom. The van der Waals surface area contributed by atoms with Gasteiger partial charge in [0, 0.05) is 106 Å². The summed E-state index contributed by atoms with van der Waals surface area (Å²) in [5.74, 6) is 2.43. The molecule has 574 valence electrons. The van der Waals surface area contributed by atoms with Gasteiger partial charge >= 0.3 is 43.7 Å². The molecule has 0 spiro atoms. The second-order valence-electron chi connectivity index (χ2n) is 32.1. The van der Waals surface area contributed by atoms with Gasteiger partial charge in [-0.3, -0.25) is 0 Å². The number of nitrogens with zero attached hydrogens (tertiary/aromatic N) is 8. The number of alkyl halides is 6. The van der Waals surface area contributed by atoms with Crippen molar-refractivity contribution in [2.24, 2.45) is 11.8 Å². The van der Waals surface area contributed by atoms with Gasteiger partial charge < -0.3 is 78.9 Å². The number of ether oxygens (including phenoxy) is 4. The van der Waals surface area contributed by atoms with Crippen molar-refractivity contribution in [1.29, 1.82) is 0 Å². The second kappa shape index (κ2) is 33.2. The number of likely N-dealkylation sites (tertiary alicyclic amines) is 2. The molecule has 22 nitrogen and oxygen atoms in total. The number of morpholine rings is 2. The Morgan fingerprint density at radius 3 is 1.37 bits per heavy atom. The third-order valence-electron chi connectivity index (χ3n) is 19.9. The minimum atomic E-state index is -4.24. The van der Waals surface area contributed by atoms with Crippen LogP contribution in [0.2, 0.25) is 0 Å². The molecule has 0 unspecified atom stereocenters. The molecule has 104 heavy (non-hydrogen) atoms. The highest BCUT2D eigenvalue weighted by Gasteiger charge is 2.52. The number of anilines is 6. The molecular weight excluding hydrogens is 1470 g/mol. The van der Waals surface area contributed by atoms with Crippen LogP contribution < -0.4 is 46.3 Å². The van der Waals surface area contributed by atoms with Crippen molar-refractivity contribution in [3.05, 3.63) is 75.4 Å². The number of alkyl carbamates (subject to hydrolysis) is 2. The van der Waals surface area contributed by atoms with Crippen LogP contribution in [0.1, 0.15) is 146 Å². The molecule has 6 amide bonds. The van der Waals surface area contributed by atoms with Crippen LogP contribution in [0, 0.1) is 29.3 Å². The van der Waals surface area contributed by atoms with Crippen molar-refractivity contribution < 1.29 is 73.8 Å². The van der Waals surface area contributed by atoms with Crippen molar-refractivity contribution in [2.75, 3.05) is 135 Å². The number of aryl methyl sites for hydroxylation is 2. The van der Waals surface area contributed by atoms with E-state index in [2.05, 4.69) is 82.5 Å². The molecule has 0 aliphatic carbocycles. The van der Waals surface area contributed by atoms with Gasteiger partial charge in [-0.1, -0.05) is 17.7 Å². The van der Waals surface area contributed by atoms with Crippen molar-refractivity contribution in [3.8, 4) is 11.1 Å². The van der Waals surface area contributed by atoms with Crippen LogP contribution in [-0.2, 0) is 28.3 Å². The fraction of sp³-hybridized carbons (Fsp3) is 0.649. The predicted octanol–water partition coefficient (Wildman–Crippen LogP) is 14.1. The van der Waals surface area contributed by atoms with Gasteiger partial charge in [0.05, 0.1) is 48.7 Å². The molecule has 2 aromatic carbocycles.